The Kier molecular flexibility index (Phi) is 3.87. The molecule has 0 unspecified atom stereocenters. The van der Waals surface area contributed by atoms with Crippen LogP contribution in [-0.2, 0) is 0 Å². The van der Waals surface area contributed by atoms with Crippen LogP contribution in [0, 0.1) is 20.8 Å². The molecule has 0 aromatic heterocycles. The van der Waals surface area contributed by atoms with Crippen LogP contribution in [0.25, 0.3) is 0 Å². The molecule has 1 aliphatic heterocycles. The van der Waals surface area contributed by atoms with E-state index in [0.717, 1.165) is 24.2 Å². The van der Waals surface area contributed by atoms with Gasteiger partial charge in [0.05, 0.1) is 0 Å². The second kappa shape index (κ2) is 5.40. The van der Waals surface area contributed by atoms with E-state index in [1.54, 1.807) is 4.90 Å². The Hall–Kier alpha value is -1.55. The van der Waals surface area contributed by atoms with E-state index in [0.29, 0.717) is 18.8 Å². The van der Waals surface area contributed by atoms with Crippen LogP contribution in [0.1, 0.15) is 16.7 Å². The highest BCUT2D eigenvalue weighted by atomic mass is 16.6. The van der Waals surface area contributed by atoms with Crippen LogP contribution in [-0.4, -0.2) is 37.2 Å². The van der Waals surface area contributed by atoms with Crippen molar-refractivity contribution in [3.8, 4) is 5.75 Å². The summed E-state index contributed by atoms with van der Waals surface area (Å²) < 4.78 is 5.53. The number of carbonyl (C=O) groups is 1. The number of hydrogen-bond acceptors (Lipinski definition) is 3. The van der Waals surface area contributed by atoms with E-state index in [-0.39, 0.29) is 6.09 Å². The summed E-state index contributed by atoms with van der Waals surface area (Å²) in [4.78, 5) is 13.8. The zero-order valence-corrected chi connectivity index (χ0v) is 11.2. The van der Waals surface area contributed by atoms with Crippen LogP contribution >= 0.6 is 0 Å². The molecular formula is C14H20N2O2. The van der Waals surface area contributed by atoms with Crippen molar-refractivity contribution in [1.82, 2.24) is 10.2 Å². The number of rotatable bonds is 1. The number of amides is 1. The van der Waals surface area contributed by atoms with Crippen molar-refractivity contribution in [2.45, 2.75) is 20.8 Å². The molecule has 0 saturated carbocycles. The molecule has 1 aromatic rings. The molecule has 1 fully saturated rings. The molecule has 4 nitrogen and oxygen atoms in total. The average molecular weight is 248 g/mol. The summed E-state index contributed by atoms with van der Waals surface area (Å²) >= 11 is 0. The van der Waals surface area contributed by atoms with Crippen LogP contribution in [0.3, 0.4) is 0 Å². The van der Waals surface area contributed by atoms with Gasteiger partial charge in [-0.2, -0.15) is 0 Å². The van der Waals surface area contributed by atoms with Crippen LogP contribution in [0.4, 0.5) is 4.79 Å². The van der Waals surface area contributed by atoms with Gasteiger partial charge in [-0.3, -0.25) is 0 Å². The summed E-state index contributed by atoms with van der Waals surface area (Å²) in [6.45, 7) is 9.08. The van der Waals surface area contributed by atoms with Gasteiger partial charge < -0.3 is 15.0 Å². The van der Waals surface area contributed by atoms with E-state index in [4.69, 9.17) is 4.74 Å². The molecule has 1 N–H and O–H groups in total. The first-order valence-corrected chi connectivity index (χ1v) is 6.33. The van der Waals surface area contributed by atoms with Gasteiger partial charge in [0.25, 0.3) is 0 Å². The summed E-state index contributed by atoms with van der Waals surface area (Å²) in [5.74, 6) is 0.698. The van der Waals surface area contributed by atoms with Crippen molar-refractivity contribution in [2.75, 3.05) is 26.2 Å². The molecule has 98 valence electrons. The Morgan fingerprint density at radius 2 is 1.72 bits per heavy atom. The number of aryl methyl sites for hydroxylation is 3. The quantitative estimate of drug-likeness (QED) is 0.826. The van der Waals surface area contributed by atoms with Crippen molar-refractivity contribution >= 4 is 6.09 Å². The molecule has 4 heteroatoms. The number of benzene rings is 1. The minimum Gasteiger partial charge on any atom is -0.410 e. The van der Waals surface area contributed by atoms with Crippen molar-refractivity contribution in [2.24, 2.45) is 0 Å². The summed E-state index contributed by atoms with van der Waals surface area (Å²) in [6, 6.07) is 4.07. The monoisotopic (exact) mass is 248 g/mol. The number of carbonyl (C=O) groups excluding carboxylic acids is 1. The van der Waals surface area contributed by atoms with E-state index in [1.807, 2.05) is 32.9 Å². The lowest BCUT2D eigenvalue weighted by Crippen LogP contribution is -2.47. The molecule has 1 aliphatic rings. The maximum atomic E-state index is 12.0. The average Bonchev–Trinajstić information content (AvgIpc) is 2.34. The van der Waals surface area contributed by atoms with Gasteiger partial charge in [-0.15, -0.1) is 0 Å². The van der Waals surface area contributed by atoms with E-state index < -0.39 is 0 Å². The van der Waals surface area contributed by atoms with Gasteiger partial charge >= 0.3 is 6.09 Å². The lowest BCUT2D eigenvalue weighted by Gasteiger charge is -2.27. The molecule has 0 radical (unpaired) electrons. The summed E-state index contributed by atoms with van der Waals surface area (Å²) in [7, 11) is 0. The second-order valence-corrected chi connectivity index (χ2v) is 4.83. The minimum atomic E-state index is -0.244. The molecule has 1 saturated heterocycles. The largest absolute Gasteiger partial charge is 0.415 e. The Morgan fingerprint density at radius 1 is 1.17 bits per heavy atom. The Bertz CT molecular complexity index is 428. The summed E-state index contributed by atoms with van der Waals surface area (Å²) in [6.07, 6.45) is -0.244. The third-order valence-corrected chi connectivity index (χ3v) is 3.17. The first-order valence-electron chi connectivity index (χ1n) is 6.33. The molecular weight excluding hydrogens is 228 g/mol. The number of nitrogens with zero attached hydrogens (tertiary/aromatic N) is 1. The normalized spacial score (nSPS) is 15.6. The van der Waals surface area contributed by atoms with Gasteiger partial charge in [-0.25, -0.2) is 4.79 Å². The highest BCUT2D eigenvalue weighted by Gasteiger charge is 2.19. The molecule has 1 heterocycles. The van der Waals surface area contributed by atoms with Crippen LogP contribution in [0.5, 0.6) is 5.75 Å². The number of hydrogen-bond donors (Lipinski definition) is 1. The number of piperazine rings is 1. The molecule has 1 aromatic carbocycles. The standard InChI is InChI=1S/C14H20N2O2/c1-10-8-11(2)13(12(3)9-10)18-14(17)16-6-4-15-5-7-16/h8-9,15H,4-7H2,1-3H3. The third-order valence-electron chi connectivity index (χ3n) is 3.17. The Morgan fingerprint density at radius 3 is 2.28 bits per heavy atom. The van der Waals surface area contributed by atoms with E-state index in [2.05, 4.69) is 5.32 Å². The highest BCUT2D eigenvalue weighted by molar-refractivity contribution is 5.72. The topological polar surface area (TPSA) is 41.6 Å². The molecule has 1 amide bonds. The zero-order valence-electron chi connectivity index (χ0n) is 11.2. The van der Waals surface area contributed by atoms with Crippen molar-refractivity contribution in [1.29, 1.82) is 0 Å². The predicted molar refractivity (Wildman–Crippen MR) is 71.1 cm³/mol. The van der Waals surface area contributed by atoms with Gasteiger partial charge in [0, 0.05) is 26.2 Å². The Balaban J connectivity index is 2.11. The van der Waals surface area contributed by atoms with Crippen molar-refractivity contribution in [3.05, 3.63) is 28.8 Å². The fourth-order valence-electron chi connectivity index (χ4n) is 2.33. The summed E-state index contributed by atoms with van der Waals surface area (Å²) in [5.41, 5.74) is 3.21. The fraction of sp³-hybridized carbons (Fsp3) is 0.500. The predicted octanol–water partition coefficient (Wildman–Crippen LogP) is 2.02. The maximum Gasteiger partial charge on any atom is 0.415 e. The van der Waals surface area contributed by atoms with Crippen LogP contribution in [0.2, 0.25) is 0 Å². The van der Waals surface area contributed by atoms with E-state index in [1.165, 1.54) is 5.56 Å². The van der Waals surface area contributed by atoms with Crippen molar-refractivity contribution < 1.29 is 9.53 Å². The second-order valence-electron chi connectivity index (χ2n) is 4.83. The van der Waals surface area contributed by atoms with Gasteiger partial charge in [0.1, 0.15) is 5.75 Å². The number of ether oxygens (including phenoxy) is 1. The van der Waals surface area contributed by atoms with Crippen molar-refractivity contribution in [3.63, 3.8) is 0 Å². The van der Waals surface area contributed by atoms with E-state index in [9.17, 15) is 4.79 Å². The first-order chi connectivity index (χ1) is 8.58. The zero-order chi connectivity index (χ0) is 13.1. The van der Waals surface area contributed by atoms with Gasteiger partial charge in [0.2, 0.25) is 0 Å². The van der Waals surface area contributed by atoms with Gasteiger partial charge in [-0.1, -0.05) is 17.7 Å². The Labute approximate surface area is 108 Å². The fourth-order valence-corrected chi connectivity index (χ4v) is 2.33. The lowest BCUT2D eigenvalue weighted by molar-refractivity contribution is 0.145. The highest BCUT2D eigenvalue weighted by Crippen LogP contribution is 2.25. The molecule has 0 bridgehead atoms. The van der Waals surface area contributed by atoms with Gasteiger partial charge in [-0.05, 0) is 31.9 Å². The minimum absolute atomic E-state index is 0.244. The molecule has 0 atom stereocenters. The third kappa shape index (κ3) is 2.82. The smallest absolute Gasteiger partial charge is 0.410 e. The molecule has 0 spiro atoms. The van der Waals surface area contributed by atoms with Gasteiger partial charge in [0.15, 0.2) is 0 Å². The molecule has 18 heavy (non-hydrogen) atoms. The maximum absolute atomic E-state index is 12.0. The lowest BCUT2D eigenvalue weighted by atomic mass is 10.1. The summed E-state index contributed by atoms with van der Waals surface area (Å²) in [5, 5.41) is 3.21. The van der Waals surface area contributed by atoms with Crippen LogP contribution < -0.4 is 10.1 Å². The SMILES string of the molecule is Cc1cc(C)c(OC(=O)N2CCNCC2)c(C)c1. The van der Waals surface area contributed by atoms with Crippen LogP contribution in [0.15, 0.2) is 12.1 Å². The number of nitrogens with one attached hydrogen (secondary N) is 1. The molecule has 0 aliphatic carbocycles. The van der Waals surface area contributed by atoms with E-state index >= 15 is 0 Å². The molecule has 2 rings (SSSR count). The first kappa shape index (κ1) is 12.9.